The van der Waals surface area contributed by atoms with Gasteiger partial charge in [0.25, 0.3) is 5.91 Å². The van der Waals surface area contributed by atoms with Crippen molar-refractivity contribution in [3.8, 4) is 0 Å². The number of thioether (sulfide) groups is 1. The molecule has 2 heterocycles. The van der Waals surface area contributed by atoms with Gasteiger partial charge in [-0.25, -0.2) is 4.79 Å². The fourth-order valence-electron chi connectivity index (χ4n) is 3.04. The Morgan fingerprint density at radius 1 is 1.36 bits per heavy atom. The van der Waals surface area contributed by atoms with E-state index in [1.54, 1.807) is 30.3 Å². The van der Waals surface area contributed by atoms with Crippen LogP contribution in [0, 0.1) is 0 Å². The Bertz CT molecular complexity index is 856. The van der Waals surface area contributed by atoms with Crippen molar-refractivity contribution in [1.29, 1.82) is 0 Å². The lowest BCUT2D eigenvalue weighted by Gasteiger charge is -2.49. The summed E-state index contributed by atoms with van der Waals surface area (Å²) in [6.45, 7) is 1.02. The zero-order valence-electron chi connectivity index (χ0n) is 15.0. The highest BCUT2D eigenvalue weighted by molar-refractivity contribution is 8.00. The number of rotatable bonds is 6. The van der Waals surface area contributed by atoms with Crippen molar-refractivity contribution >= 4 is 35.5 Å². The van der Waals surface area contributed by atoms with Crippen molar-refractivity contribution in [2.24, 2.45) is 5.73 Å². The molecule has 3 atom stereocenters. The molecule has 2 amide bonds. The second kappa shape index (κ2) is 8.03. The number of carboxylic acid groups (broad SMARTS) is 1. The lowest BCUT2D eigenvalue weighted by Crippen LogP contribution is -2.71. The van der Waals surface area contributed by atoms with E-state index in [-0.39, 0.29) is 18.1 Å². The van der Waals surface area contributed by atoms with E-state index in [4.69, 9.17) is 10.5 Å². The van der Waals surface area contributed by atoms with Gasteiger partial charge in [-0.3, -0.25) is 19.3 Å². The highest BCUT2D eigenvalue weighted by atomic mass is 32.2. The summed E-state index contributed by atoms with van der Waals surface area (Å²) < 4.78 is 4.88. The number of aliphatic carboxylic acids is 1. The largest absolute Gasteiger partial charge is 0.477 e. The second-order valence-corrected chi connectivity index (χ2v) is 7.43. The molecule has 0 bridgehead atoms. The Kier molecular flexibility index (Phi) is 5.71. The van der Waals surface area contributed by atoms with E-state index < -0.39 is 41.2 Å². The van der Waals surface area contributed by atoms with Crippen LogP contribution in [0.2, 0.25) is 0 Å². The molecule has 2 aliphatic rings. The van der Waals surface area contributed by atoms with E-state index >= 15 is 0 Å². The Balaban J connectivity index is 1.72. The lowest BCUT2D eigenvalue weighted by molar-refractivity contribution is -0.151. The molecule has 0 aromatic heterocycles. The van der Waals surface area contributed by atoms with Gasteiger partial charge in [0.1, 0.15) is 29.8 Å². The Morgan fingerprint density at radius 3 is 2.64 bits per heavy atom. The number of esters is 1. The number of carbonyl (C=O) groups is 4. The van der Waals surface area contributed by atoms with E-state index in [1.165, 1.54) is 18.7 Å². The summed E-state index contributed by atoms with van der Waals surface area (Å²) in [5, 5.41) is 11.6. The third-order valence-corrected chi connectivity index (χ3v) is 5.78. The number of fused-ring (bicyclic) bond motifs is 1. The van der Waals surface area contributed by atoms with Crippen LogP contribution < -0.4 is 11.1 Å². The van der Waals surface area contributed by atoms with Gasteiger partial charge in [-0.05, 0) is 5.56 Å². The molecular weight excluding hydrogens is 386 g/mol. The lowest BCUT2D eigenvalue weighted by atomic mass is 10.0. The van der Waals surface area contributed by atoms with E-state index in [0.29, 0.717) is 11.1 Å². The number of hydrogen-bond acceptors (Lipinski definition) is 7. The van der Waals surface area contributed by atoms with Crippen LogP contribution in [0.1, 0.15) is 18.5 Å². The summed E-state index contributed by atoms with van der Waals surface area (Å²) in [7, 11) is 0. The third kappa shape index (κ3) is 3.73. The molecule has 9 nitrogen and oxygen atoms in total. The number of β-lactam (4-membered cyclic amide) rings is 1. The van der Waals surface area contributed by atoms with Gasteiger partial charge in [0, 0.05) is 18.2 Å². The van der Waals surface area contributed by atoms with Crippen molar-refractivity contribution in [2.75, 3.05) is 12.4 Å². The normalized spacial score (nSPS) is 22.1. The number of nitrogens with two attached hydrogens (primary N) is 1. The number of nitrogens with zero attached hydrogens (tertiary/aromatic N) is 1. The van der Waals surface area contributed by atoms with Gasteiger partial charge in [0.2, 0.25) is 5.91 Å². The SMILES string of the molecule is CC(=O)OCC1=C(C(=O)O)N2C(=O)[C@@H](NC(=O)[C@@H](N)c3ccccc3)[C@H]2SC1. The molecule has 1 aromatic carbocycles. The summed E-state index contributed by atoms with van der Waals surface area (Å²) >= 11 is 1.29. The molecule has 4 N–H and O–H groups in total. The zero-order valence-corrected chi connectivity index (χ0v) is 15.8. The molecule has 0 aliphatic carbocycles. The third-order valence-electron chi connectivity index (χ3n) is 4.44. The maximum Gasteiger partial charge on any atom is 0.352 e. The molecule has 0 radical (unpaired) electrons. The number of ether oxygens (including phenoxy) is 1. The summed E-state index contributed by atoms with van der Waals surface area (Å²) in [4.78, 5) is 48.7. The monoisotopic (exact) mass is 405 g/mol. The molecule has 2 aliphatic heterocycles. The molecule has 28 heavy (non-hydrogen) atoms. The maximum atomic E-state index is 12.5. The molecule has 0 unspecified atom stereocenters. The number of hydrogen-bond donors (Lipinski definition) is 3. The van der Waals surface area contributed by atoms with Crippen LogP contribution in [0.3, 0.4) is 0 Å². The summed E-state index contributed by atoms with van der Waals surface area (Å²) in [5.74, 6) is -2.62. The fraction of sp³-hybridized carbons (Fsp3) is 0.333. The van der Waals surface area contributed by atoms with E-state index in [0.717, 1.165) is 4.90 Å². The number of carbonyl (C=O) groups excluding carboxylic acids is 3. The molecule has 10 heteroatoms. The molecule has 148 valence electrons. The Hall–Kier alpha value is -2.85. The van der Waals surface area contributed by atoms with Crippen molar-refractivity contribution in [1.82, 2.24) is 10.2 Å². The first kappa shape index (κ1) is 19.9. The molecule has 1 saturated heterocycles. The highest BCUT2D eigenvalue weighted by Crippen LogP contribution is 2.40. The van der Waals surface area contributed by atoms with Gasteiger partial charge >= 0.3 is 11.9 Å². The number of benzene rings is 1. The first-order valence-electron chi connectivity index (χ1n) is 8.45. The van der Waals surface area contributed by atoms with Crippen LogP contribution in [0.25, 0.3) is 0 Å². The first-order valence-corrected chi connectivity index (χ1v) is 9.50. The number of carboxylic acids is 1. The van der Waals surface area contributed by atoms with Crippen molar-refractivity contribution in [3.05, 3.63) is 47.2 Å². The average Bonchev–Trinajstić information content (AvgIpc) is 2.69. The highest BCUT2D eigenvalue weighted by Gasteiger charge is 2.54. The Labute approximate surface area is 164 Å². The summed E-state index contributed by atoms with van der Waals surface area (Å²) in [6, 6.07) is 6.92. The van der Waals surface area contributed by atoms with Crippen LogP contribution in [0.4, 0.5) is 0 Å². The minimum absolute atomic E-state index is 0.198. The Morgan fingerprint density at radius 2 is 2.04 bits per heavy atom. The van der Waals surface area contributed by atoms with E-state index in [9.17, 15) is 24.3 Å². The van der Waals surface area contributed by atoms with Gasteiger partial charge in [-0.1, -0.05) is 30.3 Å². The quantitative estimate of drug-likeness (QED) is 0.444. The van der Waals surface area contributed by atoms with Crippen LogP contribution in [0.5, 0.6) is 0 Å². The number of amides is 2. The van der Waals surface area contributed by atoms with Crippen molar-refractivity contribution in [3.63, 3.8) is 0 Å². The minimum atomic E-state index is -1.29. The average molecular weight is 405 g/mol. The smallest absolute Gasteiger partial charge is 0.352 e. The van der Waals surface area contributed by atoms with Crippen molar-refractivity contribution < 1.29 is 29.0 Å². The standard InChI is InChI=1S/C18H19N3O6S/c1-9(22)27-7-11-8-28-17-13(16(24)21(17)14(11)18(25)26)20-15(23)12(19)10-5-3-2-4-6-10/h2-6,12-13,17H,7-8,19H2,1H3,(H,20,23)(H,25,26)/t12-,13+,17+/m0/s1. The van der Waals surface area contributed by atoms with Crippen LogP contribution in [-0.4, -0.2) is 57.5 Å². The van der Waals surface area contributed by atoms with E-state index in [2.05, 4.69) is 5.32 Å². The van der Waals surface area contributed by atoms with Gasteiger partial charge < -0.3 is 20.9 Å². The predicted octanol–water partition coefficient (Wildman–Crippen LogP) is -0.0119. The minimum Gasteiger partial charge on any atom is -0.477 e. The van der Waals surface area contributed by atoms with Gasteiger partial charge in [0.05, 0.1) is 0 Å². The molecule has 0 saturated carbocycles. The van der Waals surface area contributed by atoms with Crippen molar-refractivity contribution in [2.45, 2.75) is 24.4 Å². The molecule has 0 spiro atoms. The number of nitrogens with one attached hydrogen (secondary N) is 1. The maximum absolute atomic E-state index is 12.5. The molecule has 1 aromatic rings. The molecule has 1 fully saturated rings. The second-order valence-electron chi connectivity index (χ2n) is 6.32. The van der Waals surface area contributed by atoms with Crippen LogP contribution >= 0.6 is 11.8 Å². The molecular formula is C18H19N3O6S. The van der Waals surface area contributed by atoms with Gasteiger partial charge in [-0.15, -0.1) is 11.8 Å². The summed E-state index contributed by atoms with van der Waals surface area (Å²) in [5.41, 5.74) is 6.69. The van der Waals surface area contributed by atoms with Crippen LogP contribution in [0.15, 0.2) is 41.6 Å². The first-order chi connectivity index (χ1) is 13.3. The van der Waals surface area contributed by atoms with Gasteiger partial charge in [-0.2, -0.15) is 0 Å². The van der Waals surface area contributed by atoms with E-state index in [1.807, 2.05) is 0 Å². The summed E-state index contributed by atoms with van der Waals surface area (Å²) in [6.07, 6.45) is 0. The molecule has 3 rings (SSSR count). The van der Waals surface area contributed by atoms with Crippen LogP contribution in [-0.2, 0) is 23.9 Å². The fourth-order valence-corrected chi connectivity index (χ4v) is 4.37. The predicted molar refractivity (Wildman–Crippen MR) is 99.7 cm³/mol. The zero-order chi connectivity index (χ0) is 20.4. The topological polar surface area (TPSA) is 139 Å². The van der Waals surface area contributed by atoms with Gasteiger partial charge in [0.15, 0.2) is 0 Å².